The maximum Gasteiger partial charge on any atom is 0.250 e. The molecule has 1 fully saturated rings. The lowest BCUT2D eigenvalue weighted by atomic mass is 9.80. The number of carbonyl (C=O) groups excluding carboxylic acids is 1. The molecule has 0 aromatic heterocycles. The Bertz CT molecular complexity index is 225. The van der Waals surface area contributed by atoms with Crippen molar-refractivity contribution in [1.29, 1.82) is 0 Å². The van der Waals surface area contributed by atoms with Gasteiger partial charge in [-0.25, -0.2) is 0 Å². The van der Waals surface area contributed by atoms with Gasteiger partial charge in [-0.15, -0.1) is 0 Å². The topological polar surface area (TPSA) is 50.4 Å². The molecule has 0 saturated carbocycles. The highest BCUT2D eigenvalue weighted by molar-refractivity contribution is 5.81. The van der Waals surface area contributed by atoms with Gasteiger partial charge >= 0.3 is 0 Å². The van der Waals surface area contributed by atoms with E-state index in [1.807, 2.05) is 0 Å². The third-order valence-corrected chi connectivity index (χ3v) is 4.11. The van der Waals surface area contributed by atoms with Crippen LogP contribution in [0.15, 0.2) is 0 Å². The van der Waals surface area contributed by atoms with Crippen molar-refractivity contribution in [2.45, 2.75) is 46.1 Å². The number of hydrogen-bond donors (Lipinski definition) is 2. The van der Waals surface area contributed by atoms with Crippen LogP contribution in [-0.2, 0) is 9.53 Å². The predicted molar refractivity (Wildman–Crippen MR) is 68.9 cm³/mol. The van der Waals surface area contributed by atoms with E-state index in [1.165, 1.54) is 0 Å². The minimum atomic E-state index is -0.313. The van der Waals surface area contributed by atoms with Crippen LogP contribution in [0.25, 0.3) is 0 Å². The fraction of sp³-hybridized carbons (Fsp3) is 0.923. The van der Waals surface area contributed by atoms with Gasteiger partial charge in [0.15, 0.2) is 0 Å². The highest BCUT2D eigenvalue weighted by atomic mass is 16.5. The number of rotatable bonds is 6. The zero-order valence-electron chi connectivity index (χ0n) is 11.3. The normalized spacial score (nSPS) is 21.2. The average Bonchev–Trinajstić information content (AvgIpc) is 2.41. The van der Waals surface area contributed by atoms with Crippen LogP contribution in [0.5, 0.6) is 0 Å². The van der Waals surface area contributed by atoms with E-state index in [0.29, 0.717) is 13.2 Å². The van der Waals surface area contributed by atoms with E-state index in [1.54, 1.807) is 0 Å². The molecule has 17 heavy (non-hydrogen) atoms. The van der Waals surface area contributed by atoms with Gasteiger partial charge in [0, 0.05) is 19.6 Å². The van der Waals surface area contributed by atoms with Gasteiger partial charge in [-0.2, -0.15) is 0 Å². The molecule has 1 rings (SSSR count). The van der Waals surface area contributed by atoms with Crippen molar-refractivity contribution in [2.75, 3.05) is 26.2 Å². The van der Waals surface area contributed by atoms with Crippen molar-refractivity contribution in [3.05, 3.63) is 0 Å². The first-order valence-corrected chi connectivity index (χ1v) is 6.77. The molecule has 0 aromatic carbocycles. The SMILES string of the molecule is CCC(CC)(CC)CNC(=O)C1CNCCO1. The fourth-order valence-corrected chi connectivity index (χ4v) is 2.25. The minimum absolute atomic E-state index is 0.0249. The highest BCUT2D eigenvalue weighted by Gasteiger charge is 2.27. The monoisotopic (exact) mass is 242 g/mol. The molecular weight excluding hydrogens is 216 g/mol. The molecule has 100 valence electrons. The fourth-order valence-electron chi connectivity index (χ4n) is 2.25. The third-order valence-electron chi connectivity index (χ3n) is 4.11. The van der Waals surface area contributed by atoms with Crippen molar-refractivity contribution in [3.8, 4) is 0 Å². The molecule has 1 heterocycles. The molecule has 0 aromatic rings. The van der Waals surface area contributed by atoms with Crippen LogP contribution in [0.4, 0.5) is 0 Å². The molecule has 0 radical (unpaired) electrons. The summed E-state index contributed by atoms with van der Waals surface area (Å²) in [6.07, 6.45) is 2.99. The van der Waals surface area contributed by atoms with Crippen molar-refractivity contribution >= 4 is 5.91 Å². The van der Waals surface area contributed by atoms with Crippen LogP contribution >= 0.6 is 0 Å². The van der Waals surface area contributed by atoms with Crippen LogP contribution < -0.4 is 10.6 Å². The van der Waals surface area contributed by atoms with E-state index < -0.39 is 0 Å². The Balaban J connectivity index is 2.40. The molecule has 1 aliphatic heterocycles. The summed E-state index contributed by atoms with van der Waals surface area (Å²) in [5.74, 6) is 0.0249. The van der Waals surface area contributed by atoms with Crippen LogP contribution in [0, 0.1) is 5.41 Å². The lowest BCUT2D eigenvalue weighted by Gasteiger charge is -2.32. The average molecular weight is 242 g/mol. The molecule has 1 saturated heterocycles. The van der Waals surface area contributed by atoms with Gasteiger partial charge in [-0.3, -0.25) is 4.79 Å². The first kappa shape index (κ1) is 14.5. The lowest BCUT2D eigenvalue weighted by Crippen LogP contribution is -2.49. The second-order valence-electron chi connectivity index (χ2n) is 4.84. The summed E-state index contributed by atoms with van der Waals surface area (Å²) in [6.45, 7) is 9.43. The Kier molecular flexibility index (Phi) is 5.92. The number of nitrogens with one attached hydrogen (secondary N) is 2. The van der Waals surface area contributed by atoms with E-state index in [0.717, 1.165) is 32.4 Å². The molecule has 0 spiro atoms. The Morgan fingerprint density at radius 1 is 1.35 bits per heavy atom. The zero-order valence-corrected chi connectivity index (χ0v) is 11.3. The van der Waals surface area contributed by atoms with Gasteiger partial charge in [0.2, 0.25) is 5.91 Å². The quantitative estimate of drug-likeness (QED) is 0.738. The van der Waals surface area contributed by atoms with E-state index in [2.05, 4.69) is 31.4 Å². The largest absolute Gasteiger partial charge is 0.366 e. The summed E-state index contributed by atoms with van der Waals surface area (Å²) in [4.78, 5) is 11.9. The predicted octanol–water partition coefficient (Wildman–Crippen LogP) is 1.31. The summed E-state index contributed by atoms with van der Waals surface area (Å²) in [6, 6.07) is 0. The first-order valence-electron chi connectivity index (χ1n) is 6.77. The van der Waals surface area contributed by atoms with Crippen molar-refractivity contribution in [2.24, 2.45) is 5.41 Å². The number of carbonyl (C=O) groups is 1. The van der Waals surface area contributed by atoms with Crippen LogP contribution in [0.1, 0.15) is 40.0 Å². The molecule has 0 aliphatic carbocycles. The van der Waals surface area contributed by atoms with Crippen LogP contribution in [0.3, 0.4) is 0 Å². The second kappa shape index (κ2) is 6.97. The van der Waals surface area contributed by atoms with Crippen molar-refractivity contribution < 1.29 is 9.53 Å². The summed E-state index contributed by atoms with van der Waals surface area (Å²) < 4.78 is 5.43. The van der Waals surface area contributed by atoms with Crippen LogP contribution in [-0.4, -0.2) is 38.3 Å². The molecule has 1 unspecified atom stereocenters. The third kappa shape index (κ3) is 3.96. The van der Waals surface area contributed by atoms with Crippen molar-refractivity contribution in [1.82, 2.24) is 10.6 Å². The van der Waals surface area contributed by atoms with E-state index in [-0.39, 0.29) is 17.4 Å². The standard InChI is InChI=1S/C13H26N2O2/c1-4-13(5-2,6-3)10-15-12(16)11-9-14-7-8-17-11/h11,14H,4-10H2,1-3H3,(H,15,16). The minimum Gasteiger partial charge on any atom is -0.366 e. The Morgan fingerprint density at radius 3 is 2.47 bits per heavy atom. The number of ether oxygens (including phenoxy) is 1. The van der Waals surface area contributed by atoms with Gasteiger partial charge in [0.25, 0.3) is 0 Å². The van der Waals surface area contributed by atoms with Crippen LogP contribution in [0.2, 0.25) is 0 Å². The molecule has 1 amide bonds. The molecule has 4 nitrogen and oxygen atoms in total. The maximum atomic E-state index is 11.9. The molecule has 1 aliphatic rings. The second-order valence-corrected chi connectivity index (χ2v) is 4.84. The van der Waals surface area contributed by atoms with Gasteiger partial charge in [-0.05, 0) is 24.7 Å². The highest BCUT2D eigenvalue weighted by Crippen LogP contribution is 2.29. The van der Waals surface area contributed by atoms with Gasteiger partial charge < -0.3 is 15.4 Å². The van der Waals surface area contributed by atoms with E-state index in [9.17, 15) is 4.79 Å². The van der Waals surface area contributed by atoms with Gasteiger partial charge in [0.1, 0.15) is 6.10 Å². The van der Waals surface area contributed by atoms with Gasteiger partial charge in [0.05, 0.1) is 6.61 Å². The maximum absolute atomic E-state index is 11.9. The number of amides is 1. The molecule has 2 N–H and O–H groups in total. The Hall–Kier alpha value is -0.610. The van der Waals surface area contributed by atoms with Gasteiger partial charge in [-0.1, -0.05) is 20.8 Å². The number of morpholine rings is 1. The zero-order chi connectivity index (χ0) is 12.7. The van der Waals surface area contributed by atoms with Crippen molar-refractivity contribution in [3.63, 3.8) is 0 Å². The molecular formula is C13H26N2O2. The van der Waals surface area contributed by atoms with E-state index in [4.69, 9.17) is 4.74 Å². The Morgan fingerprint density at radius 2 is 2.00 bits per heavy atom. The Labute approximate surface area is 104 Å². The summed E-state index contributed by atoms with van der Waals surface area (Å²) in [5.41, 5.74) is 0.248. The first-order chi connectivity index (χ1) is 8.17. The number of hydrogen-bond acceptors (Lipinski definition) is 3. The summed E-state index contributed by atoms with van der Waals surface area (Å²) in [7, 11) is 0. The summed E-state index contributed by atoms with van der Waals surface area (Å²) in [5, 5.41) is 6.21. The smallest absolute Gasteiger partial charge is 0.250 e. The lowest BCUT2D eigenvalue weighted by molar-refractivity contribution is -0.134. The van der Waals surface area contributed by atoms with E-state index >= 15 is 0 Å². The molecule has 4 heteroatoms. The molecule has 1 atom stereocenters. The molecule has 0 bridgehead atoms. The summed E-state index contributed by atoms with van der Waals surface area (Å²) >= 11 is 0.